The highest BCUT2D eigenvalue weighted by Crippen LogP contribution is 2.28. The molecule has 0 radical (unpaired) electrons. The molecule has 0 aromatic heterocycles. The van der Waals surface area contributed by atoms with Crippen molar-refractivity contribution in [1.82, 2.24) is 0 Å². The first kappa shape index (κ1) is 16.5. The van der Waals surface area contributed by atoms with E-state index in [1.165, 1.54) is 25.7 Å². The highest BCUT2D eigenvalue weighted by Gasteiger charge is 2.19. The monoisotopic (exact) mass is 309 g/mol. The Labute approximate surface area is 130 Å². The molecule has 0 amide bonds. The number of hydrogen-bond donors (Lipinski definition) is 1. The van der Waals surface area contributed by atoms with Crippen LogP contribution in [0.5, 0.6) is 5.75 Å². The molecule has 2 N–H and O–H groups in total. The molecule has 0 spiro atoms. The number of benzene rings is 1. The Kier molecular flexibility index (Phi) is 6.24. The molecule has 2 atom stereocenters. The van der Waals surface area contributed by atoms with Crippen LogP contribution in [-0.4, -0.2) is 16.6 Å². The van der Waals surface area contributed by atoms with E-state index in [9.17, 15) is 4.21 Å². The Bertz CT molecular complexity index is 482. The summed E-state index contributed by atoms with van der Waals surface area (Å²) in [5, 5.41) is 0. The second-order valence-corrected chi connectivity index (χ2v) is 7.49. The number of nitrogens with two attached hydrogens (primary N) is 1. The number of rotatable bonds is 7. The van der Waals surface area contributed by atoms with E-state index in [4.69, 9.17) is 10.5 Å². The van der Waals surface area contributed by atoms with Gasteiger partial charge in [-0.15, -0.1) is 0 Å². The minimum absolute atomic E-state index is 0.0114. The van der Waals surface area contributed by atoms with Crippen molar-refractivity contribution in [2.24, 2.45) is 11.7 Å². The molecule has 2 unspecified atom stereocenters. The second kappa shape index (κ2) is 7.95. The fraction of sp³-hybridized carbons (Fsp3) is 0.647. The van der Waals surface area contributed by atoms with Gasteiger partial charge in [-0.25, -0.2) is 0 Å². The summed E-state index contributed by atoms with van der Waals surface area (Å²) in [6.07, 6.45) is 5.08. The van der Waals surface area contributed by atoms with Gasteiger partial charge in [-0.3, -0.25) is 4.21 Å². The molecular formula is C17H27NO2S. The minimum atomic E-state index is -0.817. The van der Waals surface area contributed by atoms with Crippen LogP contribution in [0.1, 0.15) is 56.7 Å². The number of hydrogen-bond acceptors (Lipinski definition) is 3. The second-order valence-electron chi connectivity index (χ2n) is 5.99. The summed E-state index contributed by atoms with van der Waals surface area (Å²) < 4.78 is 18.1. The van der Waals surface area contributed by atoms with E-state index in [0.29, 0.717) is 18.3 Å². The van der Waals surface area contributed by atoms with Crippen LogP contribution >= 0.6 is 0 Å². The van der Waals surface area contributed by atoms with E-state index < -0.39 is 10.8 Å². The molecule has 1 aromatic carbocycles. The van der Waals surface area contributed by atoms with Gasteiger partial charge in [0, 0.05) is 28.2 Å². The predicted molar refractivity (Wildman–Crippen MR) is 88.9 cm³/mol. The topological polar surface area (TPSA) is 52.3 Å². The molecule has 0 aliphatic heterocycles. The van der Waals surface area contributed by atoms with Gasteiger partial charge < -0.3 is 10.5 Å². The van der Waals surface area contributed by atoms with Crippen LogP contribution in [0.2, 0.25) is 0 Å². The molecule has 1 aromatic rings. The van der Waals surface area contributed by atoms with E-state index >= 15 is 0 Å². The van der Waals surface area contributed by atoms with Gasteiger partial charge >= 0.3 is 0 Å². The molecule has 1 saturated carbocycles. The lowest BCUT2D eigenvalue weighted by molar-refractivity contribution is 0.337. The maximum absolute atomic E-state index is 12.4. The summed E-state index contributed by atoms with van der Waals surface area (Å²) in [5.41, 5.74) is 8.06. The first-order chi connectivity index (χ1) is 10.1. The zero-order chi connectivity index (χ0) is 15.2. The molecule has 21 heavy (non-hydrogen) atoms. The lowest BCUT2D eigenvalue weighted by Gasteiger charge is -2.15. The summed E-state index contributed by atoms with van der Waals surface area (Å²) in [6.45, 7) is 4.56. The van der Waals surface area contributed by atoms with E-state index in [1.807, 2.05) is 26.0 Å². The van der Waals surface area contributed by atoms with Gasteiger partial charge in [-0.2, -0.15) is 0 Å². The molecule has 1 aliphatic rings. The third kappa shape index (κ3) is 4.82. The Morgan fingerprint density at radius 3 is 2.71 bits per heavy atom. The van der Waals surface area contributed by atoms with Gasteiger partial charge in [0.25, 0.3) is 0 Å². The summed E-state index contributed by atoms with van der Waals surface area (Å²) in [6, 6.07) is 6.01. The van der Waals surface area contributed by atoms with Crippen molar-refractivity contribution in [3.63, 3.8) is 0 Å². The van der Waals surface area contributed by atoms with Crippen molar-refractivity contribution in [3.8, 4) is 5.75 Å². The van der Waals surface area contributed by atoms with Crippen LogP contribution in [0.15, 0.2) is 18.2 Å². The molecule has 2 rings (SSSR count). The summed E-state index contributed by atoms with van der Waals surface area (Å²) >= 11 is 0. The van der Waals surface area contributed by atoms with E-state index in [0.717, 1.165) is 22.6 Å². The Balaban J connectivity index is 2.07. The van der Waals surface area contributed by atoms with E-state index in [2.05, 4.69) is 6.07 Å². The lowest BCUT2D eigenvalue weighted by atomic mass is 10.1. The van der Waals surface area contributed by atoms with Gasteiger partial charge in [0.2, 0.25) is 0 Å². The molecule has 0 bridgehead atoms. The van der Waals surface area contributed by atoms with Crippen LogP contribution < -0.4 is 10.5 Å². The summed E-state index contributed by atoms with van der Waals surface area (Å²) in [5.74, 6) is 2.90. The van der Waals surface area contributed by atoms with Crippen LogP contribution in [-0.2, 0) is 16.6 Å². The van der Waals surface area contributed by atoms with E-state index in [-0.39, 0.29) is 6.04 Å². The number of ether oxygens (including phenoxy) is 1. The van der Waals surface area contributed by atoms with Crippen LogP contribution in [0.25, 0.3) is 0 Å². The fourth-order valence-corrected chi connectivity index (χ4v) is 4.51. The van der Waals surface area contributed by atoms with Gasteiger partial charge in [0.05, 0.1) is 12.4 Å². The lowest BCUT2D eigenvalue weighted by Crippen LogP contribution is -2.11. The molecule has 4 heteroatoms. The summed E-state index contributed by atoms with van der Waals surface area (Å²) in [4.78, 5) is 0. The smallest absolute Gasteiger partial charge is 0.123 e. The third-order valence-corrected chi connectivity index (χ3v) is 5.60. The normalized spacial score (nSPS) is 18.6. The maximum Gasteiger partial charge on any atom is 0.123 e. The molecule has 1 fully saturated rings. The SMILES string of the molecule is CCOc1ccc(C(C)N)cc1CS(=O)CC1CCCC1. The summed E-state index contributed by atoms with van der Waals surface area (Å²) in [7, 11) is -0.817. The average Bonchev–Trinajstić information content (AvgIpc) is 2.93. The Morgan fingerprint density at radius 1 is 1.38 bits per heavy atom. The first-order valence-electron chi connectivity index (χ1n) is 7.96. The van der Waals surface area contributed by atoms with Crippen molar-refractivity contribution in [2.45, 2.75) is 51.3 Å². The average molecular weight is 309 g/mol. The highest BCUT2D eigenvalue weighted by molar-refractivity contribution is 7.84. The van der Waals surface area contributed by atoms with Gasteiger partial charge in [-0.05, 0) is 50.3 Å². The molecule has 118 valence electrons. The van der Waals surface area contributed by atoms with E-state index in [1.54, 1.807) is 0 Å². The largest absolute Gasteiger partial charge is 0.494 e. The molecular weight excluding hydrogens is 282 g/mol. The zero-order valence-corrected chi connectivity index (χ0v) is 14.0. The molecule has 0 heterocycles. The van der Waals surface area contributed by atoms with Crippen molar-refractivity contribution in [1.29, 1.82) is 0 Å². The quantitative estimate of drug-likeness (QED) is 0.838. The molecule has 3 nitrogen and oxygen atoms in total. The third-order valence-electron chi connectivity index (χ3n) is 4.12. The predicted octanol–water partition coefficient (Wildman–Crippen LogP) is 3.54. The van der Waals surface area contributed by atoms with Gasteiger partial charge in [0.1, 0.15) is 5.75 Å². The van der Waals surface area contributed by atoms with Crippen LogP contribution in [0, 0.1) is 5.92 Å². The zero-order valence-electron chi connectivity index (χ0n) is 13.1. The molecule has 1 aliphatic carbocycles. The van der Waals surface area contributed by atoms with Gasteiger partial charge in [0.15, 0.2) is 0 Å². The highest BCUT2D eigenvalue weighted by atomic mass is 32.2. The first-order valence-corrected chi connectivity index (χ1v) is 9.45. The van der Waals surface area contributed by atoms with Crippen LogP contribution in [0.4, 0.5) is 0 Å². The van der Waals surface area contributed by atoms with Crippen molar-refractivity contribution in [3.05, 3.63) is 29.3 Å². The minimum Gasteiger partial charge on any atom is -0.494 e. The molecule has 0 saturated heterocycles. The van der Waals surface area contributed by atoms with Crippen molar-refractivity contribution in [2.75, 3.05) is 12.4 Å². The maximum atomic E-state index is 12.4. The van der Waals surface area contributed by atoms with Crippen molar-refractivity contribution < 1.29 is 8.95 Å². The standard InChI is InChI=1S/C17H27NO2S/c1-3-20-17-9-8-15(13(2)18)10-16(17)12-21(19)11-14-6-4-5-7-14/h8-10,13-14H,3-7,11-12,18H2,1-2H3. The van der Waals surface area contributed by atoms with Crippen LogP contribution in [0.3, 0.4) is 0 Å². The van der Waals surface area contributed by atoms with Gasteiger partial charge in [-0.1, -0.05) is 18.9 Å². The Morgan fingerprint density at radius 2 is 2.10 bits per heavy atom. The Hall–Kier alpha value is -0.870. The van der Waals surface area contributed by atoms with Crippen molar-refractivity contribution >= 4 is 10.8 Å². The fourth-order valence-electron chi connectivity index (χ4n) is 2.96.